The van der Waals surface area contributed by atoms with E-state index in [0.29, 0.717) is 0 Å². The van der Waals surface area contributed by atoms with Gasteiger partial charge in [0.05, 0.1) is 6.26 Å². The lowest BCUT2D eigenvalue weighted by Crippen LogP contribution is -2.31. The van der Waals surface area contributed by atoms with E-state index in [4.69, 9.17) is 4.74 Å². The number of ether oxygens (including phenoxy) is 1. The maximum absolute atomic E-state index is 5.45. The fourth-order valence-electron chi connectivity index (χ4n) is 1.72. The largest absolute Gasteiger partial charge is 0.489 e. The Balaban J connectivity index is 2.30. The summed E-state index contributed by atoms with van der Waals surface area (Å²) in [6.45, 7) is 0. The normalized spacial score (nSPS) is 23.1. The van der Waals surface area contributed by atoms with Gasteiger partial charge in [0.15, 0.2) is 0 Å². The van der Waals surface area contributed by atoms with E-state index < -0.39 is 0 Å². The van der Waals surface area contributed by atoms with Crippen molar-refractivity contribution in [3.05, 3.63) is 46.8 Å². The fourth-order valence-corrected chi connectivity index (χ4v) is 1.72. The van der Waals surface area contributed by atoms with Crippen LogP contribution in [-0.4, -0.2) is 11.1 Å². The number of rotatable bonds is 0. The van der Waals surface area contributed by atoms with Gasteiger partial charge in [0, 0.05) is 11.5 Å². The number of H-pyrrole nitrogens is 1. The van der Waals surface area contributed by atoms with Crippen molar-refractivity contribution in [3.63, 3.8) is 0 Å². The maximum Gasteiger partial charge on any atom is 0.143 e. The molecule has 1 aliphatic heterocycles. The quantitative estimate of drug-likeness (QED) is 0.601. The Labute approximate surface area is 75.5 Å². The van der Waals surface area contributed by atoms with Crippen molar-refractivity contribution in [3.8, 4) is 0 Å². The summed E-state index contributed by atoms with van der Waals surface area (Å²) in [4.78, 5) is 3.17. The van der Waals surface area contributed by atoms with Crippen LogP contribution in [0.1, 0.15) is 0 Å². The van der Waals surface area contributed by atoms with Crippen LogP contribution in [0.4, 0.5) is 0 Å². The van der Waals surface area contributed by atoms with Crippen LogP contribution in [0.5, 0.6) is 0 Å². The minimum Gasteiger partial charge on any atom is -0.489 e. The number of hydrogen-bond acceptors (Lipinski definition) is 1. The van der Waals surface area contributed by atoms with Gasteiger partial charge in [-0.2, -0.15) is 0 Å². The molecule has 1 aliphatic carbocycles. The Bertz CT molecular complexity index is 504. The number of hydrogen-bond donors (Lipinski definition) is 1. The topological polar surface area (TPSA) is 25.0 Å². The summed E-state index contributed by atoms with van der Waals surface area (Å²) in [7, 11) is 0. The molecule has 1 atom stereocenters. The van der Waals surface area contributed by atoms with Gasteiger partial charge < -0.3 is 9.72 Å². The van der Waals surface area contributed by atoms with Crippen molar-refractivity contribution in [2.24, 2.45) is 0 Å². The number of aromatic nitrogens is 1. The van der Waals surface area contributed by atoms with Crippen LogP contribution in [0, 0.1) is 0 Å². The lowest BCUT2D eigenvalue weighted by atomic mass is 10.0. The van der Waals surface area contributed by atoms with Crippen molar-refractivity contribution in [2.75, 3.05) is 0 Å². The van der Waals surface area contributed by atoms with Crippen LogP contribution in [0.15, 0.2) is 36.3 Å². The summed E-state index contributed by atoms with van der Waals surface area (Å²) in [5, 5.41) is 2.39. The summed E-state index contributed by atoms with van der Waals surface area (Å²) in [5.74, 6) is 0. The summed E-state index contributed by atoms with van der Waals surface area (Å²) in [6.07, 6.45) is 12.0. The molecule has 1 aromatic heterocycles. The highest BCUT2D eigenvalue weighted by Gasteiger charge is 2.14. The zero-order chi connectivity index (χ0) is 8.67. The first-order chi connectivity index (χ1) is 6.43. The standard InChI is InChI=1S/C11H9NO/c1-2-9-6-8-3-4-12-10(8)7-11(9)13-5-1/h1-7,11-12H. The van der Waals surface area contributed by atoms with Gasteiger partial charge in [-0.3, -0.25) is 0 Å². The third kappa shape index (κ3) is 0.952. The van der Waals surface area contributed by atoms with Crippen LogP contribution in [-0.2, 0) is 4.74 Å². The first-order valence-electron chi connectivity index (χ1n) is 4.33. The molecule has 0 radical (unpaired) electrons. The summed E-state index contributed by atoms with van der Waals surface area (Å²) < 4.78 is 5.45. The predicted octanol–water partition coefficient (Wildman–Crippen LogP) is 0.428. The number of allylic oxidation sites excluding steroid dienone is 2. The molecule has 2 heteroatoms. The highest BCUT2D eigenvalue weighted by Crippen LogP contribution is 2.16. The summed E-state index contributed by atoms with van der Waals surface area (Å²) >= 11 is 0. The van der Waals surface area contributed by atoms with E-state index in [-0.39, 0.29) is 6.10 Å². The van der Waals surface area contributed by atoms with E-state index in [1.54, 1.807) is 6.26 Å². The Hall–Kier alpha value is -1.70. The first-order valence-corrected chi connectivity index (χ1v) is 4.33. The number of aromatic amines is 1. The molecule has 0 saturated heterocycles. The lowest BCUT2D eigenvalue weighted by Gasteiger charge is -2.18. The molecule has 64 valence electrons. The molecule has 0 saturated carbocycles. The molecule has 2 heterocycles. The Morgan fingerprint density at radius 1 is 1.38 bits per heavy atom. The van der Waals surface area contributed by atoms with Gasteiger partial charge in [0.25, 0.3) is 0 Å². The lowest BCUT2D eigenvalue weighted by molar-refractivity contribution is 0.229. The van der Waals surface area contributed by atoms with Gasteiger partial charge in [-0.05, 0) is 35.1 Å². The zero-order valence-electron chi connectivity index (χ0n) is 7.03. The Morgan fingerprint density at radius 3 is 3.38 bits per heavy atom. The van der Waals surface area contributed by atoms with Crippen LogP contribution in [0.3, 0.4) is 0 Å². The summed E-state index contributed by atoms with van der Waals surface area (Å²) in [6, 6.07) is 2.07. The van der Waals surface area contributed by atoms with Crippen molar-refractivity contribution >= 4 is 12.2 Å². The van der Waals surface area contributed by atoms with Crippen molar-refractivity contribution in [1.82, 2.24) is 4.98 Å². The molecule has 1 N–H and O–H groups in total. The molecule has 0 spiro atoms. The highest BCUT2D eigenvalue weighted by molar-refractivity contribution is 5.61. The predicted molar refractivity (Wildman–Crippen MR) is 51.1 cm³/mol. The highest BCUT2D eigenvalue weighted by atomic mass is 16.5. The van der Waals surface area contributed by atoms with Gasteiger partial charge in [-0.25, -0.2) is 0 Å². The molecule has 3 rings (SSSR count). The molecule has 0 amide bonds. The Morgan fingerprint density at radius 2 is 2.38 bits per heavy atom. The zero-order valence-corrected chi connectivity index (χ0v) is 7.03. The van der Waals surface area contributed by atoms with Crippen LogP contribution < -0.4 is 10.6 Å². The van der Waals surface area contributed by atoms with Crippen LogP contribution in [0.2, 0.25) is 0 Å². The molecule has 2 aliphatic rings. The smallest absolute Gasteiger partial charge is 0.143 e. The second kappa shape index (κ2) is 2.39. The van der Waals surface area contributed by atoms with E-state index in [2.05, 4.69) is 29.3 Å². The van der Waals surface area contributed by atoms with E-state index in [0.717, 1.165) is 5.35 Å². The molecule has 2 nitrogen and oxygen atoms in total. The summed E-state index contributed by atoms with van der Waals surface area (Å²) in [5.41, 5.74) is 1.22. The molecular weight excluding hydrogens is 162 g/mol. The fraction of sp³-hybridized carbons (Fsp3) is 0.0909. The van der Waals surface area contributed by atoms with Gasteiger partial charge >= 0.3 is 0 Å². The van der Waals surface area contributed by atoms with E-state index in [1.165, 1.54) is 10.8 Å². The molecule has 0 aromatic carbocycles. The molecule has 0 bridgehead atoms. The molecule has 1 unspecified atom stereocenters. The van der Waals surface area contributed by atoms with Gasteiger partial charge in [0.2, 0.25) is 0 Å². The van der Waals surface area contributed by atoms with E-state index in [9.17, 15) is 0 Å². The SMILES string of the molecule is C1=COC2C=c3[nH]ccc3=CC2=C1. The molecule has 13 heavy (non-hydrogen) atoms. The van der Waals surface area contributed by atoms with E-state index in [1.807, 2.05) is 12.3 Å². The minimum absolute atomic E-state index is 0.0937. The third-order valence-corrected chi connectivity index (χ3v) is 2.37. The van der Waals surface area contributed by atoms with Crippen molar-refractivity contribution in [1.29, 1.82) is 0 Å². The number of nitrogens with one attached hydrogen (secondary N) is 1. The van der Waals surface area contributed by atoms with Gasteiger partial charge in [0.1, 0.15) is 6.10 Å². The van der Waals surface area contributed by atoms with Crippen LogP contribution >= 0.6 is 0 Å². The Kier molecular flexibility index (Phi) is 1.25. The van der Waals surface area contributed by atoms with Crippen molar-refractivity contribution < 1.29 is 4.74 Å². The minimum atomic E-state index is 0.0937. The van der Waals surface area contributed by atoms with Crippen LogP contribution in [0.25, 0.3) is 12.2 Å². The van der Waals surface area contributed by atoms with E-state index >= 15 is 0 Å². The maximum atomic E-state index is 5.45. The second-order valence-electron chi connectivity index (χ2n) is 3.21. The molecule has 1 aromatic rings. The monoisotopic (exact) mass is 171 g/mol. The molecular formula is C11H9NO. The average Bonchev–Trinajstić information content (AvgIpc) is 2.61. The second-order valence-corrected chi connectivity index (χ2v) is 3.21. The average molecular weight is 171 g/mol. The van der Waals surface area contributed by atoms with Gasteiger partial charge in [-0.15, -0.1) is 0 Å². The van der Waals surface area contributed by atoms with Gasteiger partial charge in [-0.1, -0.05) is 6.08 Å². The number of fused-ring (bicyclic) bond motifs is 2. The first kappa shape index (κ1) is 6.78. The van der Waals surface area contributed by atoms with Crippen molar-refractivity contribution in [2.45, 2.75) is 6.10 Å². The third-order valence-electron chi connectivity index (χ3n) is 2.37. The molecule has 0 fully saturated rings.